The molecule has 40 heavy (non-hydrogen) atoms. The second kappa shape index (κ2) is 12.9. The molecule has 2 aromatic carbocycles. The molecule has 0 fully saturated rings. The summed E-state index contributed by atoms with van der Waals surface area (Å²) in [5.41, 5.74) is 4.51. The highest BCUT2D eigenvalue weighted by molar-refractivity contribution is 6.00. The maximum atomic E-state index is 13.6. The average Bonchev–Trinajstić information content (AvgIpc) is 3.34. The zero-order valence-corrected chi connectivity index (χ0v) is 23.4. The Morgan fingerprint density at radius 2 is 1.73 bits per heavy atom. The Morgan fingerprint density at radius 3 is 2.35 bits per heavy atom. The molecule has 1 atom stereocenters. The number of allylic oxidation sites excluding steroid dienone is 1. The highest BCUT2D eigenvalue weighted by Crippen LogP contribution is 2.41. The number of non-ortho nitro benzene ring substituents is 1. The van der Waals surface area contributed by atoms with Gasteiger partial charge in [0, 0.05) is 56.1 Å². The minimum atomic E-state index is -0.888. The lowest BCUT2D eigenvalue weighted by Gasteiger charge is -2.32. The first-order valence-corrected chi connectivity index (χ1v) is 13.4. The number of dihydropyridines is 1. The first-order chi connectivity index (χ1) is 19.2. The van der Waals surface area contributed by atoms with Gasteiger partial charge in [-0.3, -0.25) is 15.0 Å². The van der Waals surface area contributed by atoms with Crippen molar-refractivity contribution >= 4 is 17.6 Å². The van der Waals surface area contributed by atoms with E-state index in [4.69, 9.17) is 9.47 Å². The number of carbonyl (C=O) groups is 2. The van der Waals surface area contributed by atoms with Crippen LogP contribution < -0.4 is 5.32 Å². The van der Waals surface area contributed by atoms with Crippen molar-refractivity contribution in [2.45, 2.75) is 39.3 Å². The molecule has 0 aliphatic carbocycles. The Hall–Kier alpha value is -4.02. The summed E-state index contributed by atoms with van der Waals surface area (Å²) in [6, 6.07) is 14.3. The maximum Gasteiger partial charge on any atom is 0.336 e. The van der Waals surface area contributed by atoms with Crippen LogP contribution in [0.1, 0.15) is 42.9 Å². The molecule has 1 N–H and O–H groups in total. The summed E-state index contributed by atoms with van der Waals surface area (Å²) in [5, 5.41) is 14.9. The normalized spacial score (nSPS) is 17.1. The fraction of sp³-hybridized carbons (Fsp3) is 0.400. The first-order valence-electron chi connectivity index (χ1n) is 13.4. The van der Waals surface area contributed by atoms with E-state index in [0.29, 0.717) is 36.5 Å². The van der Waals surface area contributed by atoms with Gasteiger partial charge in [0.05, 0.1) is 28.6 Å². The minimum absolute atomic E-state index is 0.131. The largest absolute Gasteiger partial charge is 0.463 e. The molecule has 0 amide bonds. The third-order valence-corrected chi connectivity index (χ3v) is 7.13. The number of nitro benzene ring substituents is 1. The van der Waals surface area contributed by atoms with E-state index in [0.717, 1.165) is 13.1 Å². The van der Waals surface area contributed by atoms with Gasteiger partial charge in [-0.25, -0.2) is 9.59 Å². The smallest absolute Gasteiger partial charge is 0.336 e. The fourth-order valence-electron chi connectivity index (χ4n) is 5.21. The second-order valence-corrected chi connectivity index (χ2v) is 10.2. The maximum absolute atomic E-state index is 13.6. The molecule has 0 radical (unpaired) electrons. The summed E-state index contributed by atoms with van der Waals surface area (Å²) < 4.78 is 11.2. The monoisotopic (exact) mass is 548 g/mol. The van der Waals surface area contributed by atoms with Crippen molar-refractivity contribution in [3.8, 4) is 0 Å². The van der Waals surface area contributed by atoms with Gasteiger partial charge in [-0.15, -0.1) is 0 Å². The molecule has 0 spiro atoms. The molecule has 0 saturated carbocycles. The number of nitrogens with one attached hydrogen (secondary N) is 1. The summed E-state index contributed by atoms with van der Waals surface area (Å²) >= 11 is 0. The highest BCUT2D eigenvalue weighted by Gasteiger charge is 2.39. The van der Waals surface area contributed by atoms with Gasteiger partial charge in [0.1, 0.15) is 6.61 Å². The number of fused-ring (bicyclic) bond motifs is 1. The van der Waals surface area contributed by atoms with E-state index in [1.165, 1.54) is 23.3 Å². The molecule has 2 heterocycles. The van der Waals surface area contributed by atoms with Gasteiger partial charge in [-0.2, -0.15) is 0 Å². The van der Waals surface area contributed by atoms with E-state index < -0.39 is 22.8 Å². The second-order valence-electron chi connectivity index (χ2n) is 10.2. The lowest BCUT2D eigenvalue weighted by molar-refractivity contribution is -0.384. The molecular weight excluding hydrogens is 512 g/mol. The van der Waals surface area contributed by atoms with Crippen LogP contribution in [0.4, 0.5) is 5.69 Å². The lowest BCUT2D eigenvalue weighted by Crippen LogP contribution is -2.35. The number of hydrogen-bond acceptors (Lipinski definition) is 9. The zero-order valence-electron chi connectivity index (χ0n) is 23.4. The first kappa shape index (κ1) is 29.0. The van der Waals surface area contributed by atoms with Crippen LogP contribution in [-0.2, 0) is 32.2 Å². The SMILES string of the molecule is CCOC(=O)C1=C(CCN(C)C)NC(C)=C(C(=O)OCCN2Cc3ccccc3C2)C1c1cccc([N+](=O)[O-])c1. The number of carbonyl (C=O) groups excluding carboxylic acids is 2. The predicted molar refractivity (Wildman–Crippen MR) is 150 cm³/mol. The van der Waals surface area contributed by atoms with E-state index in [9.17, 15) is 19.7 Å². The predicted octanol–water partition coefficient (Wildman–Crippen LogP) is 3.88. The molecule has 1 unspecified atom stereocenters. The van der Waals surface area contributed by atoms with Crippen LogP contribution in [0.15, 0.2) is 71.1 Å². The lowest BCUT2D eigenvalue weighted by atomic mass is 9.79. The Balaban J connectivity index is 1.64. The molecule has 212 valence electrons. The number of rotatable bonds is 11. The molecule has 0 aromatic heterocycles. The van der Waals surface area contributed by atoms with Crippen LogP contribution in [0.2, 0.25) is 0 Å². The van der Waals surface area contributed by atoms with Crippen LogP contribution in [0.5, 0.6) is 0 Å². The van der Waals surface area contributed by atoms with Gasteiger partial charge in [-0.05, 0) is 44.6 Å². The summed E-state index contributed by atoms with van der Waals surface area (Å²) in [4.78, 5) is 42.3. The molecular formula is C30H36N4O6. The van der Waals surface area contributed by atoms with Crippen molar-refractivity contribution in [2.75, 3.05) is 40.4 Å². The summed E-state index contributed by atoms with van der Waals surface area (Å²) in [7, 11) is 3.85. The summed E-state index contributed by atoms with van der Waals surface area (Å²) in [6.45, 7) is 6.55. The summed E-state index contributed by atoms with van der Waals surface area (Å²) in [6.07, 6.45) is 0.488. The quantitative estimate of drug-likeness (QED) is 0.254. The van der Waals surface area contributed by atoms with Crippen molar-refractivity contribution in [3.63, 3.8) is 0 Å². The van der Waals surface area contributed by atoms with E-state index >= 15 is 0 Å². The van der Waals surface area contributed by atoms with Gasteiger partial charge in [0.2, 0.25) is 0 Å². The molecule has 0 saturated heterocycles. The zero-order chi connectivity index (χ0) is 28.8. The van der Waals surface area contributed by atoms with E-state index in [-0.39, 0.29) is 30.0 Å². The Kier molecular flexibility index (Phi) is 9.34. The van der Waals surface area contributed by atoms with E-state index in [2.05, 4.69) is 22.3 Å². The molecule has 0 bridgehead atoms. The molecule has 2 aliphatic rings. The number of nitrogens with zero attached hydrogens (tertiary/aromatic N) is 3. The Labute approximate surface area is 234 Å². The van der Waals surface area contributed by atoms with Crippen molar-refractivity contribution in [2.24, 2.45) is 0 Å². The average molecular weight is 549 g/mol. The van der Waals surface area contributed by atoms with Gasteiger partial charge >= 0.3 is 11.9 Å². The highest BCUT2D eigenvalue weighted by atomic mass is 16.6. The molecule has 2 aromatic rings. The van der Waals surface area contributed by atoms with Crippen molar-refractivity contribution < 1.29 is 24.0 Å². The molecule has 4 rings (SSSR count). The third kappa shape index (κ3) is 6.57. The fourth-order valence-corrected chi connectivity index (χ4v) is 5.21. The van der Waals surface area contributed by atoms with Crippen LogP contribution in [0.3, 0.4) is 0 Å². The number of ether oxygens (including phenoxy) is 2. The molecule has 10 nitrogen and oxygen atoms in total. The molecule has 10 heteroatoms. The number of esters is 2. The minimum Gasteiger partial charge on any atom is -0.463 e. The van der Waals surface area contributed by atoms with Crippen molar-refractivity contribution in [1.82, 2.24) is 15.1 Å². The standard InChI is InChI=1S/C30H36N4O6/c1-5-39-30(36)28-25(13-14-32(3)4)31-20(2)26(27(28)21-11-8-12-24(17-21)34(37)38)29(35)40-16-15-33-18-22-9-6-7-10-23(22)19-33/h6-12,17,27,31H,5,13-16,18-19H2,1-4H3. The number of hydrogen-bond donors (Lipinski definition) is 1. The Bertz CT molecular complexity index is 1320. The summed E-state index contributed by atoms with van der Waals surface area (Å²) in [5.74, 6) is -2.04. The topological polar surface area (TPSA) is 114 Å². The van der Waals surface area contributed by atoms with Gasteiger partial charge in [0.15, 0.2) is 0 Å². The van der Waals surface area contributed by atoms with Crippen molar-refractivity contribution in [3.05, 3.63) is 97.9 Å². The van der Waals surface area contributed by atoms with Crippen LogP contribution >= 0.6 is 0 Å². The van der Waals surface area contributed by atoms with Crippen LogP contribution in [0, 0.1) is 10.1 Å². The number of benzene rings is 2. The van der Waals surface area contributed by atoms with E-state index in [1.54, 1.807) is 26.0 Å². The number of nitro groups is 1. The van der Waals surface area contributed by atoms with Gasteiger partial charge in [0.25, 0.3) is 5.69 Å². The molecule has 2 aliphatic heterocycles. The van der Waals surface area contributed by atoms with Crippen LogP contribution in [0.25, 0.3) is 0 Å². The third-order valence-electron chi connectivity index (χ3n) is 7.13. The van der Waals surface area contributed by atoms with E-state index in [1.807, 2.05) is 31.1 Å². The van der Waals surface area contributed by atoms with Crippen LogP contribution in [-0.4, -0.2) is 67.1 Å². The van der Waals surface area contributed by atoms with Gasteiger partial charge < -0.3 is 19.7 Å². The Morgan fingerprint density at radius 1 is 1.05 bits per heavy atom. The van der Waals surface area contributed by atoms with Crippen molar-refractivity contribution in [1.29, 1.82) is 0 Å². The van der Waals surface area contributed by atoms with Gasteiger partial charge in [-0.1, -0.05) is 36.4 Å².